The van der Waals surface area contributed by atoms with Crippen molar-refractivity contribution in [1.29, 1.82) is 0 Å². The van der Waals surface area contributed by atoms with Gasteiger partial charge in [-0.1, -0.05) is 59.1 Å². The number of aliphatic imine (C=N–C) groups is 1. The molecule has 2 aliphatic heterocycles. The predicted molar refractivity (Wildman–Crippen MR) is 217 cm³/mol. The van der Waals surface area contributed by atoms with Crippen molar-refractivity contribution in [3.63, 3.8) is 0 Å². The minimum Gasteiger partial charge on any atom is -0.493 e. The normalized spacial score (nSPS) is 19.2. The lowest BCUT2D eigenvalue weighted by Gasteiger charge is -2.39. The Balaban J connectivity index is 1.64. The van der Waals surface area contributed by atoms with Gasteiger partial charge in [0.05, 0.1) is 35.0 Å². The van der Waals surface area contributed by atoms with Gasteiger partial charge < -0.3 is 9.64 Å². The van der Waals surface area contributed by atoms with Crippen molar-refractivity contribution in [1.82, 2.24) is 19.0 Å². The van der Waals surface area contributed by atoms with E-state index in [9.17, 15) is 21.6 Å². The fraction of sp³-hybridized carbons (Fsp3) is 0.526. The van der Waals surface area contributed by atoms with E-state index in [1.807, 2.05) is 51.1 Å². The second-order valence-corrected chi connectivity index (χ2v) is 20.0. The van der Waals surface area contributed by atoms with Crippen molar-refractivity contribution in [2.45, 2.75) is 63.4 Å². The number of halogens is 3. The summed E-state index contributed by atoms with van der Waals surface area (Å²) < 4.78 is 59.2. The van der Waals surface area contributed by atoms with Crippen molar-refractivity contribution in [3.8, 4) is 5.75 Å². The summed E-state index contributed by atoms with van der Waals surface area (Å²) in [7, 11) is -7.07. The second kappa shape index (κ2) is 18.1. The van der Waals surface area contributed by atoms with Crippen LogP contribution < -0.4 is 4.74 Å². The molecule has 16 heteroatoms. The molecule has 3 aliphatic rings. The molecule has 1 aliphatic carbocycles. The van der Waals surface area contributed by atoms with Crippen molar-refractivity contribution >= 4 is 66.5 Å². The Hall–Kier alpha value is -2.65. The zero-order chi connectivity index (χ0) is 39.3. The summed E-state index contributed by atoms with van der Waals surface area (Å²) in [5.41, 5.74) is 0.289. The molecule has 2 aromatic rings. The molecule has 2 fully saturated rings. The number of allylic oxidation sites excluding steroid dienone is 3. The van der Waals surface area contributed by atoms with Gasteiger partial charge in [-0.05, 0) is 82.8 Å². The van der Waals surface area contributed by atoms with Crippen LogP contribution in [-0.2, 0) is 26.4 Å². The number of benzene rings is 2. The largest absolute Gasteiger partial charge is 0.493 e. The van der Waals surface area contributed by atoms with E-state index in [-0.39, 0.29) is 46.6 Å². The Morgan fingerprint density at radius 2 is 1.65 bits per heavy atom. The molecular weight excluding hydrogens is 793 g/mol. The summed E-state index contributed by atoms with van der Waals surface area (Å²) in [6.45, 7) is 9.42. The van der Waals surface area contributed by atoms with E-state index < -0.39 is 25.4 Å². The lowest BCUT2D eigenvalue weighted by Crippen LogP contribution is -2.54. The highest BCUT2D eigenvalue weighted by Crippen LogP contribution is 2.37. The fourth-order valence-corrected chi connectivity index (χ4v) is 9.86. The molecule has 0 spiro atoms. The maximum atomic E-state index is 15.0. The van der Waals surface area contributed by atoms with Gasteiger partial charge in [0.25, 0.3) is 0 Å². The summed E-state index contributed by atoms with van der Waals surface area (Å²) in [6.07, 6.45) is 9.64. The first-order valence-electron chi connectivity index (χ1n) is 18.3. The third-order valence-corrected chi connectivity index (χ3v) is 13.9. The summed E-state index contributed by atoms with van der Waals surface area (Å²) in [5.74, 6) is 0.536. The van der Waals surface area contributed by atoms with E-state index in [4.69, 9.17) is 44.5 Å². The first kappa shape index (κ1) is 42.5. The Morgan fingerprint density at radius 1 is 0.981 bits per heavy atom. The van der Waals surface area contributed by atoms with Gasteiger partial charge in [-0.3, -0.25) is 14.8 Å². The fourth-order valence-electron chi connectivity index (χ4n) is 6.88. The number of piperazine rings is 1. The first-order valence-corrected chi connectivity index (χ1v) is 22.9. The third kappa shape index (κ3) is 10.8. The number of sulfonamides is 1. The number of amides is 2. The van der Waals surface area contributed by atoms with Gasteiger partial charge >= 0.3 is 6.03 Å². The lowest BCUT2D eigenvalue weighted by atomic mass is 9.83. The van der Waals surface area contributed by atoms with Gasteiger partial charge in [-0.25, -0.2) is 21.6 Å². The number of nitrogens with zero attached hydrogens (tertiary/aromatic N) is 5. The number of hydrogen-bond donors (Lipinski definition) is 0. The van der Waals surface area contributed by atoms with Crippen LogP contribution in [0.2, 0.25) is 10.0 Å². The van der Waals surface area contributed by atoms with E-state index in [2.05, 4.69) is 4.90 Å². The zero-order valence-electron chi connectivity index (χ0n) is 31.3. The maximum absolute atomic E-state index is 15.0. The van der Waals surface area contributed by atoms with Crippen LogP contribution in [0.5, 0.6) is 5.75 Å². The zero-order valence-corrected chi connectivity index (χ0v) is 35.2. The Kier molecular flexibility index (Phi) is 14.2. The van der Waals surface area contributed by atoms with E-state index in [0.29, 0.717) is 80.0 Å². The molecule has 1 unspecified atom stereocenters. The van der Waals surface area contributed by atoms with Crippen molar-refractivity contribution in [3.05, 3.63) is 80.8 Å². The van der Waals surface area contributed by atoms with E-state index in [0.717, 1.165) is 18.4 Å². The lowest BCUT2D eigenvalue weighted by molar-refractivity contribution is 0.125. The smallest absolute Gasteiger partial charge is 0.326 e. The summed E-state index contributed by atoms with van der Waals surface area (Å²) in [4.78, 5) is 25.8. The van der Waals surface area contributed by atoms with E-state index >= 15 is 0 Å². The molecule has 296 valence electrons. The van der Waals surface area contributed by atoms with Crippen LogP contribution in [-0.4, -0.2) is 118 Å². The van der Waals surface area contributed by atoms with Gasteiger partial charge in [0, 0.05) is 67.6 Å². The van der Waals surface area contributed by atoms with Gasteiger partial charge in [0.2, 0.25) is 10.0 Å². The van der Waals surface area contributed by atoms with Gasteiger partial charge in [-0.2, -0.15) is 4.31 Å². The molecule has 1 atom stereocenters. The van der Waals surface area contributed by atoms with E-state index in [1.54, 1.807) is 21.9 Å². The molecule has 54 heavy (non-hydrogen) atoms. The number of rotatable bonds is 13. The number of amidine groups is 1. The van der Waals surface area contributed by atoms with Crippen molar-refractivity contribution in [2.75, 3.05) is 64.4 Å². The van der Waals surface area contributed by atoms with Crippen LogP contribution in [0.4, 0.5) is 4.79 Å². The Morgan fingerprint density at radius 3 is 2.24 bits per heavy atom. The minimum atomic E-state index is -4.00. The highest BCUT2D eigenvalue weighted by Gasteiger charge is 2.37. The Labute approximate surface area is 335 Å². The molecule has 0 saturated carbocycles. The number of ether oxygens (including phenoxy) is 1. The summed E-state index contributed by atoms with van der Waals surface area (Å²) in [6, 6.07) is 9.89. The Bertz CT molecular complexity index is 1970. The quantitative estimate of drug-likeness (QED) is 0.156. The standard InChI is InChI=1S/C38H50Cl3N5O6S2/c1-5-52-34-26-33(41)35(54(50,51)45-18-6-7-19-45)25-32(34)36(42-38(2,3)29-11-15-31(40)16-12-29)46(27-28-9-13-30(39)14-10-28)37(47)44-22-20-43(21-23-44)17-8-24-53(4,48)49/h9-11,13-16,25-26,29H,5-8,12,17-24,27H2,1-4H3/b42-36-. The van der Waals surface area contributed by atoms with Crippen LogP contribution in [0.1, 0.15) is 57.6 Å². The van der Waals surface area contributed by atoms with Gasteiger partial charge in [0.15, 0.2) is 0 Å². The van der Waals surface area contributed by atoms with Gasteiger partial charge in [0.1, 0.15) is 26.3 Å². The minimum absolute atomic E-state index is 0.0188. The topological polar surface area (TPSA) is 120 Å². The third-order valence-electron chi connectivity index (χ3n) is 9.99. The molecule has 2 amide bonds. The summed E-state index contributed by atoms with van der Waals surface area (Å²) in [5, 5.41) is 1.20. The maximum Gasteiger partial charge on any atom is 0.326 e. The average molecular weight is 843 g/mol. The monoisotopic (exact) mass is 841 g/mol. The van der Waals surface area contributed by atoms with Crippen LogP contribution >= 0.6 is 34.8 Å². The van der Waals surface area contributed by atoms with Crippen LogP contribution in [0.3, 0.4) is 0 Å². The second-order valence-electron chi connectivity index (χ2n) is 14.5. The van der Waals surface area contributed by atoms with E-state index in [1.165, 1.54) is 22.7 Å². The predicted octanol–water partition coefficient (Wildman–Crippen LogP) is 7.08. The van der Waals surface area contributed by atoms with Crippen molar-refractivity contribution < 1.29 is 26.4 Å². The average Bonchev–Trinajstić information content (AvgIpc) is 3.67. The molecule has 2 aromatic carbocycles. The van der Waals surface area contributed by atoms with Crippen LogP contribution in [0, 0.1) is 5.92 Å². The molecule has 0 N–H and O–H groups in total. The molecule has 2 heterocycles. The number of hydrogen-bond acceptors (Lipinski definition) is 8. The SMILES string of the molecule is CCOc1cc(Cl)c(S(=O)(=O)N2CCCC2)cc1/C(=N/C(C)(C)C1C=CC(Cl)=CC1)N(Cc1ccc(Cl)cc1)C(=O)N1CCN(CCCS(C)(=O)=O)CC1. The molecule has 0 bridgehead atoms. The number of carbonyl (C=O) groups is 1. The first-order chi connectivity index (χ1) is 25.5. The summed E-state index contributed by atoms with van der Waals surface area (Å²) >= 11 is 19.3. The number of carbonyl (C=O) groups excluding carboxylic acids is 1. The van der Waals surface area contributed by atoms with Crippen LogP contribution in [0.25, 0.3) is 0 Å². The molecular formula is C38H50Cl3N5O6S2. The highest BCUT2D eigenvalue weighted by atomic mass is 35.5. The van der Waals surface area contributed by atoms with Crippen LogP contribution in [0.15, 0.2) is 69.5 Å². The molecule has 2 saturated heterocycles. The molecule has 0 aromatic heterocycles. The van der Waals surface area contributed by atoms with Crippen molar-refractivity contribution in [2.24, 2.45) is 10.9 Å². The molecule has 11 nitrogen and oxygen atoms in total. The molecule has 5 rings (SSSR count). The van der Waals surface area contributed by atoms with Gasteiger partial charge in [-0.15, -0.1) is 0 Å². The number of sulfone groups is 1. The number of urea groups is 1. The highest BCUT2D eigenvalue weighted by molar-refractivity contribution is 7.90. The molecule has 0 radical (unpaired) electrons.